The van der Waals surface area contributed by atoms with Gasteiger partial charge in [-0.2, -0.15) is 0 Å². The lowest BCUT2D eigenvalue weighted by Gasteiger charge is -2.00. The number of H-pyrrole nitrogens is 1. The molecule has 0 unspecified atom stereocenters. The van der Waals surface area contributed by atoms with E-state index < -0.39 is 0 Å². The van der Waals surface area contributed by atoms with Gasteiger partial charge in [-0.1, -0.05) is 28.1 Å². The van der Waals surface area contributed by atoms with Gasteiger partial charge in [0, 0.05) is 10.0 Å². The maximum atomic E-state index is 13.6. The Morgan fingerprint density at radius 3 is 2.78 bits per heavy atom. The van der Waals surface area contributed by atoms with E-state index in [4.69, 9.17) is 0 Å². The predicted octanol–water partition coefficient (Wildman–Crippen LogP) is 4.44. The summed E-state index contributed by atoms with van der Waals surface area (Å²) in [4.78, 5) is 7.44. The number of aromatic nitrogens is 2. The van der Waals surface area contributed by atoms with Gasteiger partial charge in [0.2, 0.25) is 0 Å². The minimum absolute atomic E-state index is 0.302. The van der Waals surface area contributed by atoms with Crippen molar-refractivity contribution in [2.75, 3.05) is 0 Å². The standard InChI is InChI=1S/C14H10BrFN2/c1-8-7-9(5-6-10(8)15)14-17-12-4-2-3-11(16)13(12)18-14/h2-7H,1H3,(H,17,18). The molecule has 0 fully saturated rings. The van der Waals surface area contributed by atoms with E-state index in [1.807, 2.05) is 31.2 Å². The van der Waals surface area contributed by atoms with E-state index in [-0.39, 0.29) is 5.82 Å². The second-order valence-corrected chi connectivity index (χ2v) is 5.04. The Hall–Kier alpha value is -1.68. The van der Waals surface area contributed by atoms with Gasteiger partial charge in [-0.25, -0.2) is 9.37 Å². The lowest BCUT2D eigenvalue weighted by Crippen LogP contribution is -1.83. The highest BCUT2D eigenvalue weighted by atomic mass is 79.9. The van der Waals surface area contributed by atoms with Gasteiger partial charge in [0.25, 0.3) is 0 Å². The average molecular weight is 305 g/mol. The molecule has 4 heteroatoms. The molecule has 0 aliphatic heterocycles. The van der Waals surface area contributed by atoms with Gasteiger partial charge >= 0.3 is 0 Å². The molecular weight excluding hydrogens is 295 g/mol. The summed E-state index contributed by atoms with van der Waals surface area (Å²) in [5, 5.41) is 0. The van der Waals surface area contributed by atoms with Gasteiger partial charge in [0.05, 0.1) is 5.52 Å². The van der Waals surface area contributed by atoms with E-state index in [9.17, 15) is 4.39 Å². The highest BCUT2D eigenvalue weighted by Crippen LogP contribution is 2.25. The fraction of sp³-hybridized carbons (Fsp3) is 0.0714. The predicted molar refractivity (Wildman–Crippen MR) is 73.9 cm³/mol. The van der Waals surface area contributed by atoms with E-state index in [0.717, 1.165) is 15.6 Å². The number of fused-ring (bicyclic) bond motifs is 1. The van der Waals surface area contributed by atoms with Crippen LogP contribution in [0.25, 0.3) is 22.4 Å². The molecule has 1 heterocycles. The zero-order valence-electron chi connectivity index (χ0n) is 9.67. The minimum atomic E-state index is -0.302. The van der Waals surface area contributed by atoms with Gasteiger partial charge in [-0.15, -0.1) is 0 Å². The second kappa shape index (κ2) is 4.21. The summed E-state index contributed by atoms with van der Waals surface area (Å²) in [5.41, 5.74) is 3.17. The van der Waals surface area contributed by atoms with Crippen molar-refractivity contribution in [2.24, 2.45) is 0 Å². The van der Waals surface area contributed by atoms with Crippen molar-refractivity contribution in [3.63, 3.8) is 0 Å². The molecule has 3 rings (SSSR count). The third kappa shape index (κ3) is 1.82. The number of hydrogen-bond acceptors (Lipinski definition) is 1. The van der Waals surface area contributed by atoms with Crippen LogP contribution < -0.4 is 0 Å². The molecule has 0 radical (unpaired) electrons. The molecule has 2 aromatic carbocycles. The van der Waals surface area contributed by atoms with E-state index >= 15 is 0 Å². The summed E-state index contributed by atoms with van der Waals surface area (Å²) in [6.07, 6.45) is 0. The molecule has 0 bridgehead atoms. The van der Waals surface area contributed by atoms with Crippen molar-refractivity contribution in [1.82, 2.24) is 9.97 Å². The fourth-order valence-corrected chi connectivity index (χ4v) is 2.17. The van der Waals surface area contributed by atoms with Crippen LogP contribution in [0.4, 0.5) is 4.39 Å². The van der Waals surface area contributed by atoms with Crippen LogP contribution in [0.3, 0.4) is 0 Å². The van der Waals surface area contributed by atoms with Crippen molar-refractivity contribution >= 4 is 27.0 Å². The monoisotopic (exact) mass is 304 g/mol. The summed E-state index contributed by atoms with van der Waals surface area (Å²) >= 11 is 3.46. The average Bonchev–Trinajstić information content (AvgIpc) is 2.78. The molecule has 2 nitrogen and oxygen atoms in total. The number of hydrogen-bond donors (Lipinski definition) is 1. The maximum absolute atomic E-state index is 13.6. The third-order valence-corrected chi connectivity index (χ3v) is 3.78. The molecule has 0 spiro atoms. The Bertz CT molecular complexity index is 734. The zero-order valence-corrected chi connectivity index (χ0v) is 11.3. The summed E-state index contributed by atoms with van der Waals surface area (Å²) in [6.45, 7) is 2.01. The summed E-state index contributed by atoms with van der Waals surface area (Å²) in [6, 6.07) is 10.8. The topological polar surface area (TPSA) is 28.7 Å². The van der Waals surface area contributed by atoms with Crippen molar-refractivity contribution in [3.8, 4) is 11.4 Å². The smallest absolute Gasteiger partial charge is 0.151 e. The molecule has 0 aliphatic rings. The first-order chi connectivity index (χ1) is 8.65. The molecule has 0 aliphatic carbocycles. The van der Waals surface area contributed by atoms with Crippen molar-refractivity contribution in [3.05, 3.63) is 52.3 Å². The van der Waals surface area contributed by atoms with Gasteiger partial charge < -0.3 is 4.98 Å². The third-order valence-electron chi connectivity index (χ3n) is 2.89. The van der Waals surface area contributed by atoms with Crippen molar-refractivity contribution in [1.29, 1.82) is 0 Å². The van der Waals surface area contributed by atoms with Crippen LogP contribution in [0.15, 0.2) is 40.9 Å². The van der Waals surface area contributed by atoms with Crippen LogP contribution in [0.5, 0.6) is 0 Å². The highest BCUT2D eigenvalue weighted by Gasteiger charge is 2.09. The molecule has 0 atom stereocenters. The van der Waals surface area contributed by atoms with Crippen LogP contribution in [0.2, 0.25) is 0 Å². The number of para-hydroxylation sites is 1. The highest BCUT2D eigenvalue weighted by molar-refractivity contribution is 9.10. The molecule has 1 N–H and O–H groups in total. The Balaban J connectivity index is 2.19. The second-order valence-electron chi connectivity index (χ2n) is 4.19. The molecule has 3 aromatic rings. The lowest BCUT2D eigenvalue weighted by molar-refractivity contribution is 0.637. The Morgan fingerprint density at radius 2 is 2.06 bits per heavy atom. The molecule has 18 heavy (non-hydrogen) atoms. The first-order valence-electron chi connectivity index (χ1n) is 5.56. The summed E-state index contributed by atoms with van der Waals surface area (Å²) < 4.78 is 14.6. The molecule has 0 saturated carbocycles. The zero-order chi connectivity index (χ0) is 12.7. The van der Waals surface area contributed by atoms with Crippen molar-refractivity contribution < 1.29 is 4.39 Å². The van der Waals surface area contributed by atoms with Crippen LogP contribution in [0, 0.1) is 12.7 Å². The first kappa shape index (κ1) is 11.4. The SMILES string of the molecule is Cc1cc(-c2nc3c(F)cccc3[nH]2)ccc1Br. The number of halogens is 2. The normalized spacial score (nSPS) is 11.1. The first-order valence-corrected chi connectivity index (χ1v) is 6.35. The lowest BCUT2D eigenvalue weighted by atomic mass is 10.1. The van der Waals surface area contributed by atoms with Crippen LogP contribution >= 0.6 is 15.9 Å². The molecule has 1 aromatic heterocycles. The number of imidazole rings is 1. The largest absolute Gasteiger partial charge is 0.338 e. The Kier molecular flexibility index (Phi) is 2.67. The van der Waals surface area contributed by atoms with Gasteiger partial charge in [-0.3, -0.25) is 0 Å². The minimum Gasteiger partial charge on any atom is -0.338 e. The summed E-state index contributed by atoms with van der Waals surface area (Å²) in [5.74, 6) is 0.384. The van der Waals surface area contributed by atoms with E-state index in [1.54, 1.807) is 6.07 Å². The number of nitrogens with one attached hydrogen (secondary N) is 1. The van der Waals surface area contributed by atoms with Crippen LogP contribution in [0.1, 0.15) is 5.56 Å². The number of aryl methyl sites for hydroxylation is 1. The summed E-state index contributed by atoms with van der Waals surface area (Å²) in [7, 11) is 0. The van der Waals surface area contributed by atoms with Gasteiger partial charge in [0.1, 0.15) is 11.3 Å². The molecule has 0 amide bonds. The fourth-order valence-electron chi connectivity index (χ4n) is 1.93. The van der Waals surface area contributed by atoms with Crippen molar-refractivity contribution in [2.45, 2.75) is 6.92 Å². The van der Waals surface area contributed by atoms with Gasteiger partial charge in [-0.05, 0) is 36.8 Å². The Morgan fingerprint density at radius 1 is 1.22 bits per heavy atom. The Labute approximate surface area is 112 Å². The molecular formula is C14H10BrFN2. The van der Waals surface area contributed by atoms with Crippen LogP contribution in [-0.2, 0) is 0 Å². The number of benzene rings is 2. The quantitative estimate of drug-likeness (QED) is 0.707. The number of rotatable bonds is 1. The maximum Gasteiger partial charge on any atom is 0.151 e. The van der Waals surface area contributed by atoms with E-state index in [0.29, 0.717) is 16.9 Å². The van der Waals surface area contributed by atoms with E-state index in [1.165, 1.54) is 6.07 Å². The van der Waals surface area contributed by atoms with Gasteiger partial charge in [0.15, 0.2) is 5.82 Å². The number of aromatic amines is 1. The molecule has 90 valence electrons. The number of nitrogens with zero attached hydrogens (tertiary/aromatic N) is 1. The van der Waals surface area contributed by atoms with E-state index in [2.05, 4.69) is 25.9 Å². The van der Waals surface area contributed by atoms with Crippen LogP contribution in [-0.4, -0.2) is 9.97 Å². The molecule has 0 saturated heterocycles.